The molecule has 2 aliphatic heterocycles. The number of para-hydroxylation sites is 8. The van der Waals surface area contributed by atoms with Crippen LogP contribution in [0, 0.1) is 0 Å². The summed E-state index contributed by atoms with van der Waals surface area (Å²) in [6.45, 7) is 0. The Bertz CT molecular complexity index is 3380. The van der Waals surface area contributed by atoms with Gasteiger partial charge in [0.1, 0.15) is 0 Å². The average molecular weight is 753 g/mol. The second-order valence-electron chi connectivity index (χ2n) is 14.4. The van der Waals surface area contributed by atoms with Crippen molar-refractivity contribution in [3.8, 4) is 23.0 Å². The molecular formula is C50H28N2O2S2. The summed E-state index contributed by atoms with van der Waals surface area (Å²) < 4.78 is 18.0. The van der Waals surface area contributed by atoms with Crippen molar-refractivity contribution < 1.29 is 9.47 Å². The van der Waals surface area contributed by atoms with Crippen molar-refractivity contribution in [1.82, 2.24) is 0 Å². The quantitative estimate of drug-likeness (QED) is 0.176. The first-order valence-electron chi connectivity index (χ1n) is 18.8. The Morgan fingerprint density at radius 3 is 1.21 bits per heavy atom. The summed E-state index contributed by atoms with van der Waals surface area (Å²) in [6.07, 6.45) is 0. The molecule has 2 aromatic heterocycles. The van der Waals surface area contributed by atoms with Crippen LogP contribution in [0.4, 0.5) is 34.1 Å². The first-order chi connectivity index (χ1) is 27.8. The van der Waals surface area contributed by atoms with E-state index < -0.39 is 0 Å². The van der Waals surface area contributed by atoms with Gasteiger partial charge in [-0.15, -0.1) is 22.7 Å². The van der Waals surface area contributed by atoms with E-state index in [0.717, 1.165) is 57.1 Å². The number of rotatable bonds is 2. The fraction of sp³-hybridized carbons (Fsp3) is 0. The minimum absolute atomic E-state index is 0.855. The van der Waals surface area contributed by atoms with Crippen LogP contribution < -0.4 is 19.3 Å². The van der Waals surface area contributed by atoms with Crippen LogP contribution in [0.25, 0.3) is 61.9 Å². The van der Waals surface area contributed by atoms with Gasteiger partial charge in [0.2, 0.25) is 0 Å². The van der Waals surface area contributed by atoms with Crippen molar-refractivity contribution >= 4 is 119 Å². The molecule has 2 aliphatic rings. The van der Waals surface area contributed by atoms with Gasteiger partial charge in [0.05, 0.1) is 34.1 Å². The van der Waals surface area contributed by atoms with E-state index in [9.17, 15) is 0 Å². The van der Waals surface area contributed by atoms with Crippen LogP contribution in [-0.4, -0.2) is 0 Å². The zero-order valence-electron chi connectivity index (χ0n) is 29.7. The Hall–Kier alpha value is -6.86. The highest BCUT2D eigenvalue weighted by atomic mass is 32.1. The van der Waals surface area contributed by atoms with Gasteiger partial charge in [-0.05, 0) is 77.5 Å². The Morgan fingerprint density at radius 1 is 0.304 bits per heavy atom. The molecule has 262 valence electrons. The number of fused-ring (bicyclic) bond motifs is 15. The molecule has 6 heteroatoms. The molecule has 0 radical (unpaired) electrons. The summed E-state index contributed by atoms with van der Waals surface area (Å²) in [5.74, 6) is 3.42. The number of ether oxygens (including phenoxy) is 2. The van der Waals surface area contributed by atoms with Crippen molar-refractivity contribution in [2.24, 2.45) is 0 Å². The van der Waals surface area contributed by atoms with E-state index >= 15 is 0 Å². The van der Waals surface area contributed by atoms with E-state index in [2.05, 4.69) is 155 Å². The molecule has 0 saturated heterocycles. The largest absolute Gasteiger partial charge is 0.453 e. The van der Waals surface area contributed by atoms with Crippen molar-refractivity contribution in [3.63, 3.8) is 0 Å². The second kappa shape index (κ2) is 11.3. The summed E-state index contributed by atoms with van der Waals surface area (Å²) in [4.78, 5) is 4.76. The predicted octanol–water partition coefficient (Wildman–Crippen LogP) is 15.9. The lowest BCUT2D eigenvalue weighted by Gasteiger charge is -2.33. The predicted molar refractivity (Wildman–Crippen MR) is 237 cm³/mol. The number of benzene rings is 9. The van der Waals surface area contributed by atoms with Gasteiger partial charge in [-0.3, -0.25) is 0 Å². The summed E-state index contributed by atoms with van der Waals surface area (Å²) in [5, 5.41) is 10.2. The molecule has 9 aromatic carbocycles. The highest BCUT2D eigenvalue weighted by Crippen LogP contribution is 2.57. The summed E-state index contributed by atoms with van der Waals surface area (Å²) in [7, 11) is 0. The van der Waals surface area contributed by atoms with Crippen LogP contribution in [0.1, 0.15) is 0 Å². The molecule has 13 rings (SSSR count). The molecule has 0 spiro atoms. The molecule has 4 nitrogen and oxygen atoms in total. The molecule has 0 bridgehead atoms. The molecule has 0 aliphatic carbocycles. The molecule has 0 atom stereocenters. The van der Waals surface area contributed by atoms with E-state index in [1.807, 2.05) is 46.9 Å². The van der Waals surface area contributed by atoms with Gasteiger partial charge >= 0.3 is 0 Å². The summed E-state index contributed by atoms with van der Waals surface area (Å²) in [5.41, 5.74) is 6.45. The SMILES string of the molecule is c1ccc2c(c1)Oc1ccccc1N2c1cc2sc3c(ccc4sc5cc(N6c7ccccc7Oc7ccccc76)c6ccccc6c5c43)c2c2ccccc12. The normalized spacial score (nSPS) is 13.2. The van der Waals surface area contributed by atoms with Crippen molar-refractivity contribution in [2.75, 3.05) is 9.80 Å². The lowest BCUT2D eigenvalue weighted by Crippen LogP contribution is -2.15. The van der Waals surface area contributed by atoms with Gasteiger partial charge in [-0.25, -0.2) is 0 Å². The van der Waals surface area contributed by atoms with Crippen molar-refractivity contribution in [2.45, 2.75) is 0 Å². The number of anilines is 6. The van der Waals surface area contributed by atoms with Crippen LogP contribution in [0.5, 0.6) is 23.0 Å². The highest BCUT2D eigenvalue weighted by Gasteiger charge is 2.30. The Labute approximate surface area is 329 Å². The maximum atomic E-state index is 6.43. The lowest BCUT2D eigenvalue weighted by atomic mass is 9.98. The molecule has 4 heterocycles. The van der Waals surface area contributed by atoms with Crippen LogP contribution in [0.2, 0.25) is 0 Å². The minimum Gasteiger partial charge on any atom is -0.453 e. The zero-order chi connectivity index (χ0) is 36.5. The number of hydrogen-bond donors (Lipinski definition) is 0. The first kappa shape index (κ1) is 30.5. The fourth-order valence-electron chi connectivity index (χ4n) is 9.08. The number of nitrogens with zero attached hydrogens (tertiary/aromatic N) is 2. The minimum atomic E-state index is 0.855. The van der Waals surface area contributed by atoms with Gasteiger partial charge < -0.3 is 19.3 Å². The molecule has 0 amide bonds. The third kappa shape index (κ3) is 4.12. The lowest BCUT2D eigenvalue weighted by molar-refractivity contribution is 0.477. The van der Waals surface area contributed by atoms with Crippen molar-refractivity contribution in [1.29, 1.82) is 0 Å². The van der Waals surface area contributed by atoms with E-state index in [1.54, 1.807) is 0 Å². The maximum Gasteiger partial charge on any atom is 0.151 e. The molecular weight excluding hydrogens is 725 g/mol. The molecule has 0 fully saturated rings. The Balaban J connectivity index is 1.10. The topological polar surface area (TPSA) is 24.9 Å². The molecule has 0 saturated carbocycles. The summed E-state index contributed by atoms with van der Waals surface area (Å²) >= 11 is 3.79. The standard InChI is InChI=1S/C50H28N2O2S2/c1-3-15-31-29(13-1)38(51-34-17-5-9-21-40(34)53-41-22-10-6-18-35(41)51)27-45-47(31)33-25-26-44-49(50(33)56-45)48-32-16-4-2-14-30(32)39(28-46(48)55-44)52-36-19-7-11-23-42(36)54-43-24-12-8-20-37(43)52/h1-28H. The van der Waals surface area contributed by atoms with Crippen LogP contribution in [0.3, 0.4) is 0 Å². The van der Waals surface area contributed by atoms with Crippen LogP contribution in [-0.2, 0) is 0 Å². The van der Waals surface area contributed by atoms with Gasteiger partial charge in [-0.1, -0.05) is 103 Å². The third-order valence-electron chi connectivity index (χ3n) is 11.4. The Kier molecular flexibility index (Phi) is 6.17. The fourth-order valence-corrected chi connectivity index (χ4v) is 11.6. The van der Waals surface area contributed by atoms with Crippen LogP contribution >= 0.6 is 22.7 Å². The maximum absolute atomic E-state index is 6.43. The Morgan fingerprint density at radius 2 is 0.714 bits per heavy atom. The molecule has 56 heavy (non-hydrogen) atoms. The summed E-state index contributed by atoms with van der Waals surface area (Å²) in [6, 6.07) is 60.7. The van der Waals surface area contributed by atoms with E-state index in [0.29, 0.717) is 0 Å². The van der Waals surface area contributed by atoms with E-state index in [1.165, 1.54) is 61.9 Å². The number of hydrogen-bond acceptors (Lipinski definition) is 6. The molecule has 11 aromatic rings. The van der Waals surface area contributed by atoms with Crippen molar-refractivity contribution in [3.05, 3.63) is 170 Å². The zero-order valence-corrected chi connectivity index (χ0v) is 31.3. The van der Waals surface area contributed by atoms with Gasteiger partial charge in [0.15, 0.2) is 23.0 Å². The molecule has 0 unspecified atom stereocenters. The average Bonchev–Trinajstić information content (AvgIpc) is 3.83. The van der Waals surface area contributed by atoms with E-state index in [4.69, 9.17) is 9.47 Å². The third-order valence-corrected chi connectivity index (χ3v) is 13.7. The van der Waals surface area contributed by atoms with Crippen LogP contribution in [0.15, 0.2) is 170 Å². The molecule has 0 N–H and O–H groups in total. The number of thiophene rings is 2. The monoisotopic (exact) mass is 752 g/mol. The van der Waals surface area contributed by atoms with E-state index in [-0.39, 0.29) is 0 Å². The smallest absolute Gasteiger partial charge is 0.151 e. The highest BCUT2D eigenvalue weighted by molar-refractivity contribution is 7.30. The second-order valence-corrected chi connectivity index (χ2v) is 16.5. The van der Waals surface area contributed by atoms with Gasteiger partial charge in [0, 0.05) is 51.1 Å². The van der Waals surface area contributed by atoms with Gasteiger partial charge in [-0.2, -0.15) is 0 Å². The van der Waals surface area contributed by atoms with Gasteiger partial charge in [0.25, 0.3) is 0 Å². The first-order valence-corrected chi connectivity index (χ1v) is 20.4.